The number of carboxylic acids is 3. The molecule has 0 heterocycles. The van der Waals surface area contributed by atoms with Crippen molar-refractivity contribution in [2.75, 3.05) is 0 Å². The summed E-state index contributed by atoms with van der Waals surface area (Å²) in [7, 11) is 0. The van der Waals surface area contributed by atoms with Crippen LogP contribution in [0.4, 0.5) is 0 Å². The van der Waals surface area contributed by atoms with Gasteiger partial charge in [-0.3, -0.25) is 14.4 Å². The van der Waals surface area contributed by atoms with E-state index in [0.717, 1.165) is 32.1 Å². The third-order valence-corrected chi connectivity index (χ3v) is 2.39. The minimum absolute atomic E-state index is 0.292. The standard InChI is InChI=1S/C10H20O2.C4H8O2.C2H4O2/c1-9(2)7-5-3-4-6-8-10(11)12;1-2-3-4(5)6;1-2(3)4/h9H,3-8H2,1-2H3,(H,11,12);2-3H2,1H3,(H,5,6);1H3,(H,3,4). The van der Waals surface area contributed by atoms with E-state index in [2.05, 4.69) is 13.8 Å². The van der Waals surface area contributed by atoms with Crippen molar-refractivity contribution in [1.82, 2.24) is 0 Å². The molecule has 0 saturated heterocycles. The maximum absolute atomic E-state index is 10.1. The van der Waals surface area contributed by atoms with Crippen LogP contribution in [-0.2, 0) is 14.4 Å². The molecule has 22 heavy (non-hydrogen) atoms. The highest BCUT2D eigenvalue weighted by atomic mass is 16.4. The molecule has 0 amide bonds. The second-order valence-corrected chi connectivity index (χ2v) is 5.40. The van der Waals surface area contributed by atoms with Gasteiger partial charge in [0.2, 0.25) is 0 Å². The van der Waals surface area contributed by atoms with Crippen molar-refractivity contribution < 1.29 is 29.7 Å². The number of carbonyl (C=O) groups is 3. The highest BCUT2D eigenvalue weighted by Crippen LogP contribution is 2.10. The normalized spacial score (nSPS) is 9.14. The molecule has 0 fully saturated rings. The summed E-state index contributed by atoms with van der Waals surface area (Å²) in [4.78, 5) is 28.7. The van der Waals surface area contributed by atoms with Gasteiger partial charge in [0, 0.05) is 19.8 Å². The Hall–Kier alpha value is -1.59. The molecule has 0 unspecified atom stereocenters. The maximum atomic E-state index is 10.1. The number of unbranched alkanes of at least 4 members (excludes halogenated alkanes) is 3. The van der Waals surface area contributed by atoms with Crippen LogP contribution in [0, 0.1) is 5.92 Å². The first-order valence-corrected chi connectivity index (χ1v) is 7.76. The van der Waals surface area contributed by atoms with Crippen molar-refractivity contribution in [3.63, 3.8) is 0 Å². The van der Waals surface area contributed by atoms with Crippen LogP contribution in [0.15, 0.2) is 0 Å². The van der Waals surface area contributed by atoms with E-state index >= 15 is 0 Å². The zero-order valence-corrected chi connectivity index (χ0v) is 14.3. The fourth-order valence-corrected chi connectivity index (χ4v) is 1.40. The molecule has 3 N–H and O–H groups in total. The van der Waals surface area contributed by atoms with E-state index in [1.54, 1.807) is 0 Å². The lowest BCUT2D eigenvalue weighted by atomic mass is 10.0. The van der Waals surface area contributed by atoms with Gasteiger partial charge in [-0.25, -0.2) is 0 Å². The van der Waals surface area contributed by atoms with Crippen LogP contribution in [0.5, 0.6) is 0 Å². The summed E-state index contributed by atoms with van der Waals surface area (Å²) in [6.07, 6.45) is 6.97. The fraction of sp³-hybridized carbons (Fsp3) is 0.812. The molecular formula is C16H32O6. The number of hydrogen-bond acceptors (Lipinski definition) is 3. The molecule has 0 bridgehead atoms. The average Bonchev–Trinajstić information content (AvgIpc) is 2.32. The van der Waals surface area contributed by atoms with Gasteiger partial charge in [0.15, 0.2) is 0 Å². The number of hydrogen-bond donors (Lipinski definition) is 3. The van der Waals surface area contributed by atoms with E-state index in [1.165, 1.54) is 19.3 Å². The van der Waals surface area contributed by atoms with Gasteiger partial charge in [-0.05, 0) is 18.8 Å². The summed E-state index contributed by atoms with van der Waals surface area (Å²) in [6.45, 7) is 7.36. The van der Waals surface area contributed by atoms with E-state index in [9.17, 15) is 9.59 Å². The lowest BCUT2D eigenvalue weighted by molar-refractivity contribution is -0.138. The number of aliphatic carboxylic acids is 3. The first-order chi connectivity index (χ1) is 10.1. The predicted octanol–water partition coefficient (Wildman–Crippen LogP) is 4.03. The van der Waals surface area contributed by atoms with E-state index in [0.29, 0.717) is 12.8 Å². The van der Waals surface area contributed by atoms with Gasteiger partial charge in [0.25, 0.3) is 5.97 Å². The van der Waals surface area contributed by atoms with Crippen molar-refractivity contribution in [3.05, 3.63) is 0 Å². The third-order valence-electron chi connectivity index (χ3n) is 2.39. The molecule has 0 aliphatic rings. The molecular weight excluding hydrogens is 288 g/mol. The molecule has 0 rings (SSSR count). The van der Waals surface area contributed by atoms with Crippen molar-refractivity contribution in [1.29, 1.82) is 0 Å². The van der Waals surface area contributed by atoms with Gasteiger partial charge in [0.05, 0.1) is 0 Å². The summed E-state index contributed by atoms with van der Waals surface area (Å²) in [5.74, 6) is -1.43. The molecule has 0 atom stereocenters. The summed E-state index contributed by atoms with van der Waals surface area (Å²) in [5.41, 5.74) is 0. The molecule has 0 spiro atoms. The minimum atomic E-state index is -0.833. The second kappa shape index (κ2) is 19.4. The Labute approximate surface area is 133 Å². The zero-order chi connectivity index (χ0) is 18.0. The Morgan fingerprint density at radius 1 is 0.818 bits per heavy atom. The Kier molecular flexibility index (Phi) is 22.4. The van der Waals surface area contributed by atoms with Crippen LogP contribution in [0.1, 0.15) is 79.1 Å². The van der Waals surface area contributed by atoms with Gasteiger partial charge in [-0.15, -0.1) is 0 Å². The summed E-state index contributed by atoms with van der Waals surface area (Å²) < 4.78 is 0. The minimum Gasteiger partial charge on any atom is -0.481 e. The third kappa shape index (κ3) is 51.5. The van der Waals surface area contributed by atoms with Crippen molar-refractivity contribution in [2.45, 2.75) is 79.1 Å². The molecule has 0 aromatic heterocycles. The zero-order valence-electron chi connectivity index (χ0n) is 14.3. The first kappa shape index (κ1) is 25.4. The lowest BCUT2D eigenvalue weighted by Crippen LogP contribution is -1.94. The van der Waals surface area contributed by atoms with E-state index in [1.807, 2.05) is 6.92 Å². The van der Waals surface area contributed by atoms with Gasteiger partial charge in [0.1, 0.15) is 0 Å². The quantitative estimate of drug-likeness (QED) is 0.553. The van der Waals surface area contributed by atoms with Crippen LogP contribution in [0.3, 0.4) is 0 Å². The van der Waals surface area contributed by atoms with Crippen molar-refractivity contribution >= 4 is 17.9 Å². The van der Waals surface area contributed by atoms with Crippen LogP contribution in [-0.4, -0.2) is 33.2 Å². The fourth-order valence-electron chi connectivity index (χ4n) is 1.40. The van der Waals surface area contributed by atoms with E-state index in [4.69, 9.17) is 20.1 Å². The number of rotatable bonds is 9. The van der Waals surface area contributed by atoms with Crippen molar-refractivity contribution in [3.8, 4) is 0 Å². The summed E-state index contributed by atoms with van der Waals surface area (Å²) >= 11 is 0. The van der Waals surface area contributed by atoms with Gasteiger partial charge >= 0.3 is 11.9 Å². The molecule has 132 valence electrons. The first-order valence-electron chi connectivity index (χ1n) is 7.76. The topological polar surface area (TPSA) is 112 Å². The predicted molar refractivity (Wildman–Crippen MR) is 86.0 cm³/mol. The molecule has 0 saturated carbocycles. The summed E-state index contributed by atoms with van der Waals surface area (Å²) in [5, 5.41) is 23.7. The molecule has 6 heteroatoms. The average molecular weight is 320 g/mol. The lowest BCUT2D eigenvalue weighted by Gasteiger charge is -2.02. The molecule has 0 aromatic carbocycles. The largest absolute Gasteiger partial charge is 0.481 e. The van der Waals surface area contributed by atoms with Crippen LogP contribution in [0.2, 0.25) is 0 Å². The van der Waals surface area contributed by atoms with Gasteiger partial charge in [-0.2, -0.15) is 0 Å². The SMILES string of the molecule is CC(=O)O.CC(C)CCCCCCC(=O)O.CCCC(=O)O. The summed E-state index contributed by atoms with van der Waals surface area (Å²) in [6, 6.07) is 0. The van der Waals surface area contributed by atoms with E-state index in [-0.39, 0.29) is 0 Å². The maximum Gasteiger partial charge on any atom is 0.303 e. The Morgan fingerprint density at radius 3 is 1.50 bits per heavy atom. The molecule has 0 radical (unpaired) electrons. The van der Waals surface area contributed by atoms with Gasteiger partial charge in [-0.1, -0.05) is 46.5 Å². The molecule has 6 nitrogen and oxygen atoms in total. The number of carboxylic acid groups (broad SMARTS) is 3. The smallest absolute Gasteiger partial charge is 0.303 e. The van der Waals surface area contributed by atoms with Gasteiger partial charge < -0.3 is 15.3 Å². The van der Waals surface area contributed by atoms with Crippen LogP contribution in [0.25, 0.3) is 0 Å². The Balaban J connectivity index is -0.000000300. The molecule has 0 aliphatic carbocycles. The van der Waals surface area contributed by atoms with Crippen LogP contribution < -0.4 is 0 Å². The molecule has 0 aromatic rings. The monoisotopic (exact) mass is 320 g/mol. The Morgan fingerprint density at radius 2 is 1.23 bits per heavy atom. The van der Waals surface area contributed by atoms with Crippen molar-refractivity contribution in [2.24, 2.45) is 5.92 Å². The highest BCUT2D eigenvalue weighted by molar-refractivity contribution is 5.66. The highest BCUT2D eigenvalue weighted by Gasteiger charge is 1.97. The Bertz CT molecular complexity index is 282. The van der Waals surface area contributed by atoms with Crippen LogP contribution >= 0.6 is 0 Å². The second-order valence-electron chi connectivity index (χ2n) is 5.40. The molecule has 0 aliphatic heterocycles. The van der Waals surface area contributed by atoms with E-state index < -0.39 is 17.9 Å².